The van der Waals surface area contributed by atoms with Crippen molar-refractivity contribution in [3.05, 3.63) is 24.3 Å². The van der Waals surface area contributed by atoms with Crippen LogP contribution in [0.5, 0.6) is 5.75 Å². The van der Waals surface area contributed by atoms with E-state index < -0.39 is 17.5 Å². The van der Waals surface area contributed by atoms with Gasteiger partial charge in [0.2, 0.25) is 5.91 Å². The number of anilines is 1. The molecule has 0 bridgehead atoms. The lowest BCUT2D eigenvalue weighted by atomic mass is 9.90. The van der Waals surface area contributed by atoms with Gasteiger partial charge in [-0.1, -0.05) is 6.92 Å². The van der Waals surface area contributed by atoms with Crippen LogP contribution in [0.3, 0.4) is 0 Å². The Hall–Kier alpha value is -2.57. The molecule has 1 atom stereocenters. The molecule has 2 fully saturated rings. The molecule has 3 rings (SSSR count). The number of benzene rings is 1. The predicted molar refractivity (Wildman–Crippen MR) is 92.2 cm³/mol. The van der Waals surface area contributed by atoms with Gasteiger partial charge in [0, 0.05) is 5.69 Å². The van der Waals surface area contributed by atoms with Gasteiger partial charge in [-0.25, -0.2) is 4.79 Å². The fourth-order valence-electron chi connectivity index (χ4n) is 3.31. The van der Waals surface area contributed by atoms with E-state index >= 15 is 0 Å². The van der Waals surface area contributed by atoms with Crippen LogP contribution < -0.4 is 15.4 Å². The summed E-state index contributed by atoms with van der Waals surface area (Å²) in [7, 11) is 0. The molecule has 1 aromatic carbocycles. The highest BCUT2D eigenvalue weighted by Gasteiger charge is 2.58. The maximum Gasteiger partial charge on any atom is 0.325 e. The molecule has 7 heteroatoms. The largest absolute Gasteiger partial charge is 0.494 e. The molecule has 2 N–H and O–H groups in total. The molecule has 0 radical (unpaired) electrons. The van der Waals surface area contributed by atoms with Gasteiger partial charge in [-0.2, -0.15) is 0 Å². The molecule has 2 aliphatic rings. The molecule has 4 amide bonds. The number of amides is 4. The first-order valence-corrected chi connectivity index (χ1v) is 8.67. The van der Waals surface area contributed by atoms with E-state index in [4.69, 9.17) is 4.74 Å². The molecule has 1 aliphatic carbocycles. The van der Waals surface area contributed by atoms with E-state index in [2.05, 4.69) is 10.6 Å². The number of carbonyl (C=O) groups excluding carboxylic acids is 3. The Morgan fingerprint density at radius 2 is 1.96 bits per heavy atom. The Kier molecular flexibility index (Phi) is 4.65. The number of nitrogens with zero attached hydrogens (tertiary/aromatic N) is 1. The molecule has 1 heterocycles. The first-order chi connectivity index (χ1) is 12.0. The Bertz CT molecular complexity index is 684. The summed E-state index contributed by atoms with van der Waals surface area (Å²) in [6.07, 6.45) is 2.41. The molecule has 1 aromatic rings. The zero-order valence-electron chi connectivity index (χ0n) is 14.5. The normalized spacial score (nSPS) is 22.7. The van der Waals surface area contributed by atoms with Crippen molar-refractivity contribution in [3.8, 4) is 5.75 Å². The summed E-state index contributed by atoms with van der Waals surface area (Å²) in [5, 5.41) is 5.51. The summed E-state index contributed by atoms with van der Waals surface area (Å²) < 4.78 is 5.35. The van der Waals surface area contributed by atoms with E-state index in [1.807, 2.05) is 13.8 Å². The van der Waals surface area contributed by atoms with Gasteiger partial charge in [0.1, 0.15) is 17.8 Å². The van der Waals surface area contributed by atoms with Crippen LogP contribution in [0.15, 0.2) is 24.3 Å². The predicted octanol–water partition coefficient (Wildman–Crippen LogP) is 2.13. The van der Waals surface area contributed by atoms with Crippen LogP contribution in [0, 0.1) is 5.92 Å². The van der Waals surface area contributed by atoms with Crippen LogP contribution in [0.25, 0.3) is 0 Å². The molecule has 0 spiro atoms. The fourth-order valence-corrected chi connectivity index (χ4v) is 3.31. The quantitative estimate of drug-likeness (QED) is 0.741. The molecule has 7 nitrogen and oxygen atoms in total. The molecule has 134 valence electrons. The lowest BCUT2D eigenvalue weighted by molar-refractivity contribution is -0.134. The average Bonchev–Trinajstić information content (AvgIpc) is 3.41. The van der Waals surface area contributed by atoms with Gasteiger partial charge in [-0.3, -0.25) is 14.5 Å². The van der Waals surface area contributed by atoms with Crippen molar-refractivity contribution in [2.24, 2.45) is 5.92 Å². The second kappa shape index (κ2) is 6.74. The van der Waals surface area contributed by atoms with Gasteiger partial charge >= 0.3 is 6.03 Å². The first-order valence-electron chi connectivity index (χ1n) is 8.67. The SMILES string of the molecule is CCOc1ccc(NC(=O)CN2C(=O)NC(CC)(C3CC3)C2=O)cc1. The van der Waals surface area contributed by atoms with Crippen molar-refractivity contribution >= 4 is 23.5 Å². The van der Waals surface area contributed by atoms with Crippen LogP contribution in [-0.4, -0.2) is 41.4 Å². The van der Waals surface area contributed by atoms with E-state index in [9.17, 15) is 14.4 Å². The third kappa shape index (κ3) is 3.31. The van der Waals surface area contributed by atoms with Crippen LogP contribution in [0.1, 0.15) is 33.1 Å². The van der Waals surface area contributed by atoms with Crippen molar-refractivity contribution < 1.29 is 19.1 Å². The minimum Gasteiger partial charge on any atom is -0.494 e. The number of urea groups is 1. The van der Waals surface area contributed by atoms with Crippen molar-refractivity contribution in [2.75, 3.05) is 18.5 Å². The molecule has 1 saturated carbocycles. The summed E-state index contributed by atoms with van der Waals surface area (Å²) in [5.74, 6) is 0.208. The Morgan fingerprint density at radius 1 is 1.28 bits per heavy atom. The summed E-state index contributed by atoms with van der Waals surface area (Å²) in [5.41, 5.74) is -0.235. The smallest absolute Gasteiger partial charge is 0.325 e. The van der Waals surface area contributed by atoms with E-state index in [-0.39, 0.29) is 18.4 Å². The number of carbonyl (C=O) groups is 3. The van der Waals surface area contributed by atoms with Crippen molar-refractivity contribution in [3.63, 3.8) is 0 Å². The highest BCUT2D eigenvalue weighted by Crippen LogP contribution is 2.44. The number of rotatable bonds is 7. The third-order valence-electron chi connectivity index (χ3n) is 4.78. The van der Waals surface area contributed by atoms with Gasteiger partial charge in [0.15, 0.2) is 0 Å². The molecule has 1 saturated heterocycles. The minimum absolute atomic E-state index is 0.188. The number of nitrogens with one attached hydrogen (secondary N) is 2. The lowest BCUT2D eigenvalue weighted by Gasteiger charge is -2.24. The van der Waals surface area contributed by atoms with E-state index in [1.165, 1.54) is 0 Å². The molecule has 1 aliphatic heterocycles. The Labute approximate surface area is 146 Å². The summed E-state index contributed by atoms with van der Waals surface area (Å²) >= 11 is 0. The molecule has 1 unspecified atom stereocenters. The Balaban J connectivity index is 1.62. The van der Waals surface area contributed by atoms with Gasteiger partial charge in [0.25, 0.3) is 5.91 Å². The van der Waals surface area contributed by atoms with Crippen molar-refractivity contribution in [1.29, 1.82) is 0 Å². The second-order valence-electron chi connectivity index (χ2n) is 6.43. The number of hydrogen-bond acceptors (Lipinski definition) is 4. The van der Waals surface area contributed by atoms with Crippen LogP contribution >= 0.6 is 0 Å². The topological polar surface area (TPSA) is 87.7 Å². The first kappa shape index (κ1) is 17.3. The summed E-state index contributed by atoms with van der Waals surface area (Å²) in [6.45, 7) is 4.07. The number of imide groups is 1. The summed E-state index contributed by atoms with van der Waals surface area (Å²) in [6, 6.07) is 6.45. The highest BCUT2D eigenvalue weighted by molar-refractivity contribution is 6.10. The highest BCUT2D eigenvalue weighted by atomic mass is 16.5. The standard InChI is InChI=1S/C18H23N3O4/c1-3-18(12-5-6-12)16(23)21(17(24)20-18)11-15(22)19-13-7-9-14(10-8-13)25-4-2/h7-10,12H,3-6,11H2,1-2H3,(H,19,22)(H,20,24). The van der Waals surface area contributed by atoms with Gasteiger partial charge in [-0.15, -0.1) is 0 Å². The zero-order chi connectivity index (χ0) is 18.0. The molecule has 25 heavy (non-hydrogen) atoms. The molecular formula is C18H23N3O4. The summed E-state index contributed by atoms with van der Waals surface area (Å²) in [4.78, 5) is 38.2. The zero-order valence-corrected chi connectivity index (χ0v) is 14.5. The monoisotopic (exact) mass is 345 g/mol. The number of ether oxygens (including phenoxy) is 1. The van der Waals surface area contributed by atoms with Crippen molar-refractivity contribution in [1.82, 2.24) is 10.2 Å². The maximum atomic E-state index is 12.7. The van der Waals surface area contributed by atoms with Crippen molar-refractivity contribution in [2.45, 2.75) is 38.6 Å². The van der Waals surface area contributed by atoms with Gasteiger partial charge < -0.3 is 15.4 Å². The minimum atomic E-state index is -0.823. The van der Waals surface area contributed by atoms with E-state index in [0.29, 0.717) is 24.5 Å². The Morgan fingerprint density at radius 3 is 2.52 bits per heavy atom. The van der Waals surface area contributed by atoms with Gasteiger partial charge in [0.05, 0.1) is 6.61 Å². The third-order valence-corrected chi connectivity index (χ3v) is 4.78. The van der Waals surface area contributed by atoms with E-state index in [1.54, 1.807) is 24.3 Å². The molecular weight excluding hydrogens is 322 g/mol. The van der Waals surface area contributed by atoms with E-state index in [0.717, 1.165) is 17.7 Å². The maximum absolute atomic E-state index is 12.7. The number of hydrogen-bond donors (Lipinski definition) is 2. The lowest BCUT2D eigenvalue weighted by Crippen LogP contribution is -2.49. The van der Waals surface area contributed by atoms with Crippen LogP contribution in [0.4, 0.5) is 10.5 Å². The molecule has 0 aromatic heterocycles. The van der Waals surface area contributed by atoms with Gasteiger partial charge in [-0.05, 0) is 56.4 Å². The second-order valence-corrected chi connectivity index (χ2v) is 6.43. The average molecular weight is 345 g/mol. The van der Waals surface area contributed by atoms with Crippen LogP contribution in [-0.2, 0) is 9.59 Å². The fraction of sp³-hybridized carbons (Fsp3) is 0.500. The van der Waals surface area contributed by atoms with Crippen LogP contribution in [0.2, 0.25) is 0 Å².